The van der Waals surface area contributed by atoms with Gasteiger partial charge in [-0.1, -0.05) is 103 Å². The predicted octanol–water partition coefficient (Wildman–Crippen LogP) is 9.25. The molecule has 0 amide bonds. The van der Waals surface area contributed by atoms with Gasteiger partial charge in [-0.3, -0.25) is 0 Å². The van der Waals surface area contributed by atoms with Gasteiger partial charge in [-0.05, 0) is 35.4 Å². The maximum absolute atomic E-state index is 2.46. The van der Waals surface area contributed by atoms with E-state index in [1.165, 1.54) is 71.2 Å². The summed E-state index contributed by atoms with van der Waals surface area (Å²) >= 11 is 0. The normalized spacial score (nSPS) is 11.9. The summed E-state index contributed by atoms with van der Waals surface area (Å²) in [5.74, 6) is 0. The topological polar surface area (TPSA) is 9.86 Å². The molecule has 0 N–H and O–H groups in total. The molecule has 0 radical (unpaired) electrons. The number of aryl methyl sites for hydroxylation is 1. The highest BCUT2D eigenvalue weighted by molar-refractivity contribution is 6.37. The Morgan fingerprint density at radius 1 is 0.405 bits per heavy atom. The molecule has 0 saturated heterocycles. The summed E-state index contributed by atoms with van der Waals surface area (Å²) in [6, 6.07) is 46.1. The second-order valence-electron chi connectivity index (χ2n) is 9.83. The van der Waals surface area contributed by atoms with Crippen LogP contribution in [0.15, 0.2) is 127 Å². The number of benzene rings is 6. The van der Waals surface area contributed by atoms with E-state index in [0.29, 0.717) is 0 Å². The highest BCUT2D eigenvalue weighted by Gasteiger charge is 2.22. The molecule has 37 heavy (non-hydrogen) atoms. The maximum Gasteiger partial charge on any atom is 0.0627 e. The van der Waals surface area contributed by atoms with Crippen LogP contribution in [0.5, 0.6) is 0 Å². The lowest BCUT2D eigenvalue weighted by Gasteiger charge is -2.12. The first-order valence-electron chi connectivity index (χ1n) is 12.8. The van der Waals surface area contributed by atoms with E-state index in [9.17, 15) is 0 Å². The number of para-hydroxylation sites is 2. The van der Waals surface area contributed by atoms with Crippen molar-refractivity contribution in [2.45, 2.75) is 0 Å². The molecule has 0 aliphatic carbocycles. The second kappa shape index (κ2) is 7.59. The van der Waals surface area contributed by atoms with Crippen molar-refractivity contribution in [2.75, 3.05) is 0 Å². The molecule has 8 aromatic rings. The fraction of sp³-hybridized carbons (Fsp3) is 0.0286. The van der Waals surface area contributed by atoms with Crippen LogP contribution in [0.25, 0.3) is 71.2 Å². The van der Waals surface area contributed by atoms with Crippen LogP contribution in [0, 0.1) is 0 Å². The first-order chi connectivity index (χ1) is 18.3. The number of nitrogens with zero attached hydrogens (tertiary/aromatic N) is 2. The van der Waals surface area contributed by atoms with Gasteiger partial charge in [-0.15, -0.1) is 0 Å². The molecule has 0 fully saturated rings. The Morgan fingerprint density at radius 3 is 1.59 bits per heavy atom. The Morgan fingerprint density at radius 2 is 0.892 bits per heavy atom. The Hall–Kier alpha value is -4.82. The minimum atomic E-state index is 1.18. The van der Waals surface area contributed by atoms with E-state index in [1.807, 2.05) is 0 Å². The Kier molecular flexibility index (Phi) is 4.18. The van der Waals surface area contributed by atoms with Crippen molar-refractivity contribution in [3.63, 3.8) is 0 Å². The Bertz CT molecular complexity index is 2120. The van der Waals surface area contributed by atoms with Gasteiger partial charge in [0.15, 0.2) is 0 Å². The molecular formula is C35H24N2. The third-order valence-electron chi connectivity index (χ3n) is 7.90. The highest BCUT2D eigenvalue weighted by Crippen LogP contribution is 2.45. The number of hydrogen-bond donors (Lipinski definition) is 0. The van der Waals surface area contributed by atoms with Crippen LogP contribution in [0.3, 0.4) is 0 Å². The van der Waals surface area contributed by atoms with Crippen molar-refractivity contribution in [1.82, 2.24) is 9.13 Å². The average Bonchev–Trinajstić information content (AvgIpc) is 3.47. The van der Waals surface area contributed by atoms with E-state index in [-0.39, 0.29) is 0 Å². The number of fused-ring (bicyclic) bond motifs is 10. The number of rotatable bonds is 2. The molecule has 6 aromatic carbocycles. The van der Waals surface area contributed by atoms with Gasteiger partial charge in [0.1, 0.15) is 0 Å². The minimum absolute atomic E-state index is 1.18. The first kappa shape index (κ1) is 20.4. The summed E-state index contributed by atoms with van der Waals surface area (Å²) in [4.78, 5) is 0. The zero-order valence-electron chi connectivity index (χ0n) is 20.5. The largest absolute Gasteiger partial charge is 0.343 e. The maximum atomic E-state index is 2.46. The lowest BCUT2D eigenvalue weighted by atomic mass is 9.99. The SMILES string of the molecule is Cn1c2ccccc2c2c3c4ccccc4n(-c4ccc(-c5ccccc5)cc4)c3c3ccccc3c21. The van der Waals surface area contributed by atoms with E-state index in [2.05, 4.69) is 144 Å². The molecule has 0 aliphatic rings. The zero-order chi connectivity index (χ0) is 24.5. The van der Waals surface area contributed by atoms with E-state index < -0.39 is 0 Å². The van der Waals surface area contributed by atoms with Crippen LogP contribution in [0.2, 0.25) is 0 Å². The van der Waals surface area contributed by atoms with Gasteiger partial charge in [0, 0.05) is 50.6 Å². The average molecular weight is 473 g/mol. The Labute approximate surface area is 214 Å². The molecule has 174 valence electrons. The second-order valence-corrected chi connectivity index (χ2v) is 9.83. The molecule has 2 heterocycles. The van der Waals surface area contributed by atoms with Gasteiger partial charge < -0.3 is 9.13 Å². The highest BCUT2D eigenvalue weighted by atomic mass is 15.0. The quantitative estimate of drug-likeness (QED) is 0.237. The fourth-order valence-corrected chi connectivity index (χ4v) is 6.31. The molecular weight excluding hydrogens is 448 g/mol. The third-order valence-corrected chi connectivity index (χ3v) is 7.90. The summed E-state index contributed by atoms with van der Waals surface area (Å²) < 4.78 is 4.83. The van der Waals surface area contributed by atoms with E-state index >= 15 is 0 Å². The summed E-state index contributed by atoms with van der Waals surface area (Å²) in [7, 11) is 2.20. The molecule has 2 nitrogen and oxygen atoms in total. The molecule has 0 bridgehead atoms. The van der Waals surface area contributed by atoms with Crippen molar-refractivity contribution in [2.24, 2.45) is 7.05 Å². The first-order valence-corrected chi connectivity index (χ1v) is 12.8. The smallest absolute Gasteiger partial charge is 0.0627 e. The lowest BCUT2D eigenvalue weighted by Crippen LogP contribution is -1.95. The van der Waals surface area contributed by atoms with E-state index in [1.54, 1.807) is 0 Å². The van der Waals surface area contributed by atoms with Crippen LogP contribution < -0.4 is 0 Å². The fourth-order valence-electron chi connectivity index (χ4n) is 6.31. The van der Waals surface area contributed by atoms with Gasteiger partial charge in [0.2, 0.25) is 0 Å². The van der Waals surface area contributed by atoms with Crippen molar-refractivity contribution >= 4 is 54.4 Å². The monoisotopic (exact) mass is 472 g/mol. The molecule has 0 spiro atoms. The van der Waals surface area contributed by atoms with Gasteiger partial charge in [-0.25, -0.2) is 0 Å². The molecule has 2 heteroatoms. The van der Waals surface area contributed by atoms with Crippen molar-refractivity contribution in [1.29, 1.82) is 0 Å². The summed E-state index contributed by atoms with van der Waals surface area (Å²) in [6.07, 6.45) is 0. The molecule has 2 aromatic heterocycles. The number of hydrogen-bond acceptors (Lipinski definition) is 0. The summed E-state index contributed by atoms with van der Waals surface area (Å²) in [5, 5.41) is 7.82. The van der Waals surface area contributed by atoms with Crippen molar-refractivity contribution < 1.29 is 0 Å². The predicted molar refractivity (Wildman–Crippen MR) is 158 cm³/mol. The van der Waals surface area contributed by atoms with Crippen molar-refractivity contribution in [3.05, 3.63) is 127 Å². The molecule has 0 unspecified atom stereocenters. The minimum Gasteiger partial charge on any atom is -0.343 e. The zero-order valence-corrected chi connectivity index (χ0v) is 20.5. The molecule has 0 atom stereocenters. The van der Waals surface area contributed by atoms with Crippen LogP contribution >= 0.6 is 0 Å². The lowest BCUT2D eigenvalue weighted by molar-refractivity contribution is 1.02. The molecule has 0 aliphatic heterocycles. The molecule has 8 rings (SSSR count). The summed E-state index contributed by atoms with van der Waals surface area (Å²) in [5.41, 5.74) is 8.70. The standard InChI is InChI=1S/C35H24N2/c1-36-30-17-9-7-15-28(30)32-33-29-16-8-10-18-31(29)37(35(33)27-14-6-5-13-26(27)34(32)36)25-21-19-24(20-22-25)23-11-3-2-4-12-23/h2-22H,1H3. The van der Waals surface area contributed by atoms with Gasteiger partial charge in [-0.2, -0.15) is 0 Å². The van der Waals surface area contributed by atoms with E-state index in [0.717, 1.165) is 0 Å². The number of aromatic nitrogens is 2. The van der Waals surface area contributed by atoms with Gasteiger partial charge in [0.25, 0.3) is 0 Å². The van der Waals surface area contributed by atoms with Gasteiger partial charge >= 0.3 is 0 Å². The van der Waals surface area contributed by atoms with Crippen LogP contribution in [-0.2, 0) is 7.05 Å². The van der Waals surface area contributed by atoms with Crippen LogP contribution in [0.4, 0.5) is 0 Å². The van der Waals surface area contributed by atoms with Crippen molar-refractivity contribution in [3.8, 4) is 16.8 Å². The van der Waals surface area contributed by atoms with Crippen LogP contribution in [-0.4, -0.2) is 9.13 Å². The third kappa shape index (κ3) is 2.75. The van der Waals surface area contributed by atoms with Gasteiger partial charge in [0.05, 0.1) is 16.6 Å². The van der Waals surface area contributed by atoms with Crippen LogP contribution in [0.1, 0.15) is 0 Å². The Balaban J connectivity index is 1.57. The van der Waals surface area contributed by atoms with E-state index in [4.69, 9.17) is 0 Å². The summed E-state index contributed by atoms with van der Waals surface area (Å²) in [6.45, 7) is 0. The molecule has 0 saturated carbocycles.